The van der Waals surface area contributed by atoms with E-state index in [0.29, 0.717) is 41.6 Å². The Morgan fingerprint density at radius 2 is 1.84 bits per heavy atom. The largest absolute Gasteiger partial charge is 0.417 e. The molecule has 6 rings (SSSR count). The van der Waals surface area contributed by atoms with Gasteiger partial charge in [-0.25, -0.2) is 17.5 Å². The minimum absolute atomic E-state index is 0.0273. The van der Waals surface area contributed by atoms with E-state index in [1.807, 2.05) is 6.08 Å². The summed E-state index contributed by atoms with van der Waals surface area (Å²) in [5, 5.41) is 8.49. The first kappa shape index (κ1) is 29.9. The number of Topliss-reactive ketones (excluding diaryl/α,β-unsaturated/α-hetero) is 1. The average Bonchev–Trinajstić information content (AvgIpc) is 3.62. The summed E-state index contributed by atoms with van der Waals surface area (Å²) in [7, 11) is -2.36. The Balaban J connectivity index is 1.43. The van der Waals surface area contributed by atoms with E-state index in [-0.39, 0.29) is 30.0 Å². The van der Waals surface area contributed by atoms with Crippen LogP contribution in [-0.4, -0.2) is 55.6 Å². The summed E-state index contributed by atoms with van der Waals surface area (Å²) >= 11 is 0. The molecule has 0 spiro atoms. The first-order chi connectivity index (χ1) is 20.8. The van der Waals surface area contributed by atoms with E-state index in [0.717, 1.165) is 12.1 Å². The predicted molar refractivity (Wildman–Crippen MR) is 152 cm³/mol. The maximum absolute atomic E-state index is 14.4. The number of halogens is 4. The number of nitrogens with zero attached hydrogens (tertiary/aromatic N) is 6. The van der Waals surface area contributed by atoms with Gasteiger partial charge >= 0.3 is 6.18 Å². The molecule has 0 amide bonds. The molecule has 0 N–H and O–H groups in total. The lowest BCUT2D eigenvalue weighted by Crippen LogP contribution is -2.50. The minimum Gasteiger partial charge on any atom is -0.291 e. The van der Waals surface area contributed by atoms with Crippen LogP contribution in [0.5, 0.6) is 0 Å². The summed E-state index contributed by atoms with van der Waals surface area (Å²) in [6.45, 7) is 1.86. The van der Waals surface area contributed by atoms with Crippen molar-refractivity contribution in [1.82, 2.24) is 28.9 Å². The highest BCUT2D eigenvalue weighted by molar-refractivity contribution is 7.89. The molecule has 9 nitrogen and oxygen atoms in total. The summed E-state index contributed by atoms with van der Waals surface area (Å²) in [5.74, 6) is -0.890. The third-order valence-electron chi connectivity index (χ3n) is 8.47. The molecule has 0 saturated heterocycles. The third-order valence-corrected chi connectivity index (χ3v) is 10.5. The summed E-state index contributed by atoms with van der Waals surface area (Å²) in [4.78, 5) is 18.3. The molecule has 4 aromatic rings. The van der Waals surface area contributed by atoms with Crippen molar-refractivity contribution in [3.05, 3.63) is 95.1 Å². The molecule has 3 heterocycles. The molecule has 0 unspecified atom stereocenters. The van der Waals surface area contributed by atoms with E-state index in [4.69, 9.17) is 0 Å². The molecule has 1 aromatic carbocycles. The number of alkyl halides is 3. The van der Waals surface area contributed by atoms with Crippen LogP contribution in [0.3, 0.4) is 0 Å². The fraction of sp³-hybridized carbons (Fsp3) is 0.333. The van der Waals surface area contributed by atoms with Gasteiger partial charge in [0, 0.05) is 32.0 Å². The van der Waals surface area contributed by atoms with Crippen LogP contribution >= 0.6 is 0 Å². The van der Waals surface area contributed by atoms with Gasteiger partial charge in [-0.2, -0.15) is 27.7 Å². The second-order valence-corrected chi connectivity index (χ2v) is 13.0. The van der Waals surface area contributed by atoms with Gasteiger partial charge in [-0.05, 0) is 73.7 Å². The number of rotatable bonds is 7. The van der Waals surface area contributed by atoms with Crippen LogP contribution in [0.15, 0.2) is 71.7 Å². The van der Waals surface area contributed by atoms with E-state index >= 15 is 0 Å². The number of hydrogen-bond acceptors (Lipinski definition) is 6. The highest BCUT2D eigenvalue weighted by atomic mass is 32.2. The van der Waals surface area contributed by atoms with Crippen molar-refractivity contribution in [3.8, 4) is 5.69 Å². The Bertz CT molecular complexity index is 1860. The summed E-state index contributed by atoms with van der Waals surface area (Å²) in [5.41, 5.74) is 0.318. The Morgan fingerprint density at radius 3 is 2.45 bits per heavy atom. The van der Waals surface area contributed by atoms with Gasteiger partial charge in [-0.1, -0.05) is 12.5 Å². The number of ketones is 1. The molecule has 0 aliphatic heterocycles. The van der Waals surface area contributed by atoms with Gasteiger partial charge in [-0.15, -0.1) is 0 Å². The first-order valence-corrected chi connectivity index (χ1v) is 15.4. The first-order valence-electron chi connectivity index (χ1n) is 14.0. The van der Waals surface area contributed by atoms with Crippen molar-refractivity contribution < 1.29 is 30.8 Å². The molecule has 1 saturated carbocycles. The van der Waals surface area contributed by atoms with Crippen LogP contribution in [-0.2, 0) is 29.7 Å². The predicted octanol–water partition coefficient (Wildman–Crippen LogP) is 5.23. The Morgan fingerprint density at radius 1 is 1.09 bits per heavy atom. The second-order valence-electron chi connectivity index (χ2n) is 11.1. The SMILES string of the molecule is CCN([C@H]1CCC2=Cc3c(cnn3-c3ccc(F)cc3)C[C@]2(C(=O)c2ccc(C(F)(F)F)cn2)C1)S(=O)(=O)c1cnn(C)c1. The van der Waals surface area contributed by atoms with Crippen LogP contribution in [0, 0.1) is 11.2 Å². The highest BCUT2D eigenvalue weighted by Gasteiger charge is 2.51. The van der Waals surface area contributed by atoms with Crippen LogP contribution in [0.4, 0.5) is 17.6 Å². The van der Waals surface area contributed by atoms with Gasteiger partial charge in [0.25, 0.3) is 0 Å². The van der Waals surface area contributed by atoms with Crippen molar-refractivity contribution in [1.29, 1.82) is 0 Å². The lowest BCUT2D eigenvalue weighted by atomic mass is 9.60. The smallest absolute Gasteiger partial charge is 0.291 e. The monoisotopic (exact) mass is 628 g/mol. The number of pyridine rings is 1. The van der Waals surface area contributed by atoms with E-state index in [1.165, 1.54) is 33.5 Å². The number of hydrogen-bond donors (Lipinski definition) is 0. The van der Waals surface area contributed by atoms with Crippen LogP contribution in [0.25, 0.3) is 11.8 Å². The van der Waals surface area contributed by atoms with Crippen molar-refractivity contribution in [2.45, 2.75) is 49.7 Å². The number of benzene rings is 1. The number of aryl methyl sites for hydroxylation is 1. The molecular weight excluding hydrogens is 600 g/mol. The fourth-order valence-corrected chi connectivity index (χ4v) is 8.00. The van der Waals surface area contributed by atoms with E-state index in [2.05, 4.69) is 15.2 Å². The fourth-order valence-electron chi connectivity index (χ4n) is 6.35. The number of aromatic nitrogens is 5. The molecule has 230 valence electrons. The van der Waals surface area contributed by atoms with Gasteiger partial charge in [0.1, 0.15) is 16.4 Å². The van der Waals surface area contributed by atoms with Crippen molar-refractivity contribution >= 4 is 21.9 Å². The van der Waals surface area contributed by atoms with E-state index in [9.17, 15) is 30.8 Å². The topological polar surface area (TPSA) is 103 Å². The maximum atomic E-state index is 14.4. The normalized spacial score (nSPS) is 20.2. The lowest BCUT2D eigenvalue weighted by molar-refractivity contribution is -0.137. The van der Waals surface area contributed by atoms with Gasteiger partial charge in [-0.3, -0.25) is 14.5 Å². The van der Waals surface area contributed by atoms with Crippen molar-refractivity contribution in [2.75, 3.05) is 6.54 Å². The van der Waals surface area contributed by atoms with Crippen LogP contribution in [0.2, 0.25) is 0 Å². The standard InChI is InChI=1S/C30H28F4N6O3S/c1-3-39(44(42,43)25-17-36-38(2)18-25)24-8-4-20-12-27-19(15-37-40(27)23-9-6-22(31)7-10-23)13-29(20,14-24)28(41)26-11-5-21(16-35-26)30(32,33)34/h5-7,9-12,15-18,24H,3-4,8,13-14H2,1-2H3/t24-,29-/m0/s1. The van der Waals surface area contributed by atoms with Gasteiger partial charge < -0.3 is 0 Å². The Hall–Kier alpha value is -4.17. The molecule has 14 heteroatoms. The summed E-state index contributed by atoms with van der Waals surface area (Å²) < 4.78 is 85.2. The molecule has 2 atom stereocenters. The lowest BCUT2D eigenvalue weighted by Gasteiger charge is -2.46. The summed E-state index contributed by atoms with van der Waals surface area (Å²) in [6, 6.07) is 7.11. The zero-order chi connectivity index (χ0) is 31.4. The highest BCUT2D eigenvalue weighted by Crippen LogP contribution is 2.51. The van der Waals surface area contributed by atoms with E-state index in [1.54, 1.807) is 37.0 Å². The van der Waals surface area contributed by atoms with Gasteiger partial charge in [0.15, 0.2) is 5.78 Å². The van der Waals surface area contributed by atoms with Gasteiger partial charge in [0.05, 0.1) is 34.8 Å². The second kappa shape index (κ2) is 10.8. The number of fused-ring (bicyclic) bond motifs is 2. The zero-order valence-corrected chi connectivity index (χ0v) is 24.6. The average molecular weight is 629 g/mol. The van der Waals surface area contributed by atoms with Crippen molar-refractivity contribution in [3.63, 3.8) is 0 Å². The Labute approximate surface area is 250 Å². The molecule has 0 radical (unpaired) electrons. The molecule has 1 fully saturated rings. The summed E-state index contributed by atoms with van der Waals surface area (Å²) in [6.07, 6.45) is 3.15. The minimum atomic E-state index is -4.62. The molecule has 2 aliphatic carbocycles. The molecule has 0 bridgehead atoms. The van der Waals surface area contributed by atoms with Crippen molar-refractivity contribution in [2.24, 2.45) is 12.5 Å². The molecule has 3 aromatic heterocycles. The molecule has 44 heavy (non-hydrogen) atoms. The number of carbonyl (C=O) groups excluding carboxylic acids is 1. The third kappa shape index (κ3) is 5.05. The Kier molecular flexibility index (Phi) is 7.31. The van der Waals surface area contributed by atoms with Crippen LogP contribution < -0.4 is 0 Å². The number of carbonyl (C=O) groups is 1. The number of allylic oxidation sites excluding steroid dienone is 1. The molecular formula is C30H28F4N6O3S. The molecule has 2 aliphatic rings. The van der Waals surface area contributed by atoms with Crippen LogP contribution in [0.1, 0.15) is 53.5 Å². The van der Waals surface area contributed by atoms with E-state index < -0.39 is 44.8 Å². The zero-order valence-electron chi connectivity index (χ0n) is 23.8. The van der Waals surface area contributed by atoms with Gasteiger partial charge in [0.2, 0.25) is 10.0 Å². The maximum Gasteiger partial charge on any atom is 0.417 e. The number of sulfonamides is 1. The quantitative estimate of drug-likeness (QED) is 0.205.